The zero-order chi connectivity index (χ0) is 9.84. The highest BCUT2D eigenvalue weighted by molar-refractivity contribution is 5.63. The molecule has 0 amide bonds. The van der Waals surface area contributed by atoms with Crippen molar-refractivity contribution in [2.24, 2.45) is 0 Å². The lowest BCUT2D eigenvalue weighted by molar-refractivity contribution is 0.341. The first-order valence-electron chi connectivity index (χ1n) is 3.81. The lowest BCUT2D eigenvalue weighted by Crippen LogP contribution is -2.00. The van der Waals surface area contributed by atoms with Crippen LogP contribution < -0.4 is 10.5 Å². The lowest BCUT2D eigenvalue weighted by Gasteiger charge is -2.07. The molecule has 0 spiro atoms. The van der Waals surface area contributed by atoms with Gasteiger partial charge < -0.3 is 10.5 Å². The number of hydrogen-bond acceptors (Lipinski definition) is 3. The van der Waals surface area contributed by atoms with E-state index in [0.29, 0.717) is 12.4 Å². The largest absolute Gasteiger partial charge is 0.492 e. The predicted octanol–water partition coefficient (Wildman–Crippen LogP) is 1.68. The Kier molecular flexibility index (Phi) is 2.70. The van der Waals surface area contributed by atoms with Gasteiger partial charge in [-0.3, -0.25) is 0 Å². The van der Waals surface area contributed by atoms with Crippen molar-refractivity contribution in [3.05, 3.63) is 23.5 Å². The molecule has 13 heavy (non-hydrogen) atoms. The van der Waals surface area contributed by atoms with E-state index in [1.807, 2.05) is 0 Å². The number of halogens is 1. The fraction of sp³-hybridized carbons (Fsp3) is 0.222. The summed E-state index contributed by atoms with van der Waals surface area (Å²) >= 11 is 0. The van der Waals surface area contributed by atoms with Crippen LogP contribution >= 0.6 is 0 Å². The van der Waals surface area contributed by atoms with Gasteiger partial charge in [0.1, 0.15) is 23.2 Å². The Hall–Kier alpha value is -1.76. The molecule has 3 nitrogen and oxygen atoms in total. The molecule has 1 aromatic rings. The first kappa shape index (κ1) is 9.33. The van der Waals surface area contributed by atoms with Crippen LogP contribution in [0.4, 0.5) is 10.1 Å². The third-order valence-electron chi connectivity index (χ3n) is 1.57. The topological polar surface area (TPSA) is 59.0 Å². The van der Waals surface area contributed by atoms with Crippen molar-refractivity contribution < 1.29 is 9.13 Å². The molecule has 0 aliphatic rings. The van der Waals surface area contributed by atoms with Crippen LogP contribution in [0, 0.1) is 17.1 Å². The fourth-order valence-corrected chi connectivity index (χ4v) is 0.969. The van der Waals surface area contributed by atoms with E-state index < -0.39 is 5.82 Å². The summed E-state index contributed by atoms with van der Waals surface area (Å²) in [5.74, 6) is -0.274. The third kappa shape index (κ3) is 1.70. The standard InChI is InChI=1S/C9H9FN2O/c1-2-13-8-4-3-7(10)6(5-11)9(8)12/h3-4H,2,12H2,1H3. The average molecular weight is 180 g/mol. The van der Waals surface area contributed by atoms with Crippen LogP contribution in [0.1, 0.15) is 12.5 Å². The van der Waals surface area contributed by atoms with Crippen molar-refractivity contribution in [1.29, 1.82) is 5.26 Å². The van der Waals surface area contributed by atoms with E-state index in [4.69, 9.17) is 15.7 Å². The monoisotopic (exact) mass is 180 g/mol. The fourth-order valence-electron chi connectivity index (χ4n) is 0.969. The van der Waals surface area contributed by atoms with E-state index in [9.17, 15) is 4.39 Å². The zero-order valence-corrected chi connectivity index (χ0v) is 7.17. The minimum atomic E-state index is -0.622. The second kappa shape index (κ2) is 3.76. The summed E-state index contributed by atoms with van der Waals surface area (Å²) in [5, 5.41) is 8.57. The molecule has 0 aromatic heterocycles. The molecule has 4 heteroatoms. The number of nitrogens with zero attached hydrogens (tertiary/aromatic N) is 1. The predicted molar refractivity (Wildman–Crippen MR) is 46.7 cm³/mol. The number of nitrogen functional groups attached to an aromatic ring is 1. The van der Waals surface area contributed by atoms with Crippen LogP contribution in [0.2, 0.25) is 0 Å². The first-order chi connectivity index (χ1) is 6.20. The van der Waals surface area contributed by atoms with Crippen LogP contribution in [0.3, 0.4) is 0 Å². The summed E-state index contributed by atoms with van der Waals surface area (Å²) in [4.78, 5) is 0. The van der Waals surface area contributed by atoms with Crippen LogP contribution in [0.25, 0.3) is 0 Å². The van der Waals surface area contributed by atoms with E-state index in [1.54, 1.807) is 13.0 Å². The zero-order valence-electron chi connectivity index (χ0n) is 7.17. The highest BCUT2D eigenvalue weighted by Gasteiger charge is 2.10. The average Bonchev–Trinajstić information content (AvgIpc) is 2.11. The maximum atomic E-state index is 12.9. The minimum absolute atomic E-state index is 0.0596. The van der Waals surface area contributed by atoms with Gasteiger partial charge in [0, 0.05) is 0 Å². The second-order valence-electron chi connectivity index (χ2n) is 2.38. The van der Waals surface area contributed by atoms with Crippen molar-refractivity contribution in [2.45, 2.75) is 6.92 Å². The van der Waals surface area contributed by atoms with Crippen molar-refractivity contribution in [3.63, 3.8) is 0 Å². The number of ether oxygens (including phenoxy) is 1. The van der Waals surface area contributed by atoms with Crippen molar-refractivity contribution in [1.82, 2.24) is 0 Å². The van der Waals surface area contributed by atoms with Gasteiger partial charge >= 0.3 is 0 Å². The Labute approximate surface area is 75.5 Å². The maximum absolute atomic E-state index is 12.9. The molecule has 2 N–H and O–H groups in total. The van der Waals surface area contributed by atoms with Gasteiger partial charge in [-0.25, -0.2) is 4.39 Å². The molecular weight excluding hydrogens is 171 g/mol. The highest BCUT2D eigenvalue weighted by atomic mass is 19.1. The van der Waals surface area contributed by atoms with Crippen molar-refractivity contribution >= 4 is 5.69 Å². The summed E-state index contributed by atoms with van der Waals surface area (Å²) in [6.07, 6.45) is 0. The Balaban J connectivity index is 3.21. The molecule has 0 unspecified atom stereocenters. The number of hydrogen-bond donors (Lipinski definition) is 1. The van der Waals surface area contributed by atoms with Crippen molar-refractivity contribution in [2.75, 3.05) is 12.3 Å². The summed E-state index contributed by atoms with van der Waals surface area (Å²) < 4.78 is 18.0. The molecule has 0 aliphatic heterocycles. The summed E-state index contributed by atoms with van der Waals surface area (Å²) in [7, 11) is 0. The Bertz CT molecular complexity index is 357. The Morgan fingerprint density at radius 2 is 2.31 bits per heavy atom. The summed E-state index contributed by atoms with van der Waals surface area (Å²) in [6, 6.07) is 4.26. The molecule has 0 saturated carbocycles. The van der Waals surface area contributed by atoms with E-state index in [2.05, 4.69) is 0 Å². The van der Waals surface area contributed by atoms with Crippen LogP contribution in [-0.2, 0) is 0 Å². The van der Waals surface area contributed by atoms with Gasteiger partial charge in [0.25, 0.3) is 0 Å². The molecular formula is C9H9FN2O. The van der Waals surface area contributed by atoms with E-state index in [1.165, 1.54) is 12.1 Å². The Morgan fingerprint density at radius 3 is 2.85 bits per heavy atom. The Morgan fingerprint density at radius 1 is 1.62 bits per heavy atom. The van der Waals surface area contributed by atoms with Gasteiger partial charge in [-0.2, -0.15) is 5.26 Å². The van der Waals surface area contributed by atoms with E-state index in [0.717, 1.165) is 0 Å². The number of nitriles is 1. The number of anilines is 1. The first-order valence-corrected chi connectivity index (χ1v) is 3.81. The smallest absolute Gasteiger partial charge is 0.143 e. The van der Waals surface area contributed by atoms with Gasteiger partial charge in [-0.15, -0.1) is 0 Å². The van der Waals surface area contributed by atoms with Crippen molar-refractivity contribution in [3.8, 4) is 11.8 Å². The molecule has 0 saturated heterocycles. The maximum Gasteiger partial charge on any atom is 0.143 e. The molecule has 1 aromatic carbocycles. The van der Waals surface area contributed by atoms with Gasteiger partial charge in [-0.05, 0) is 19.1 Å². The third-order valence-corrected chi connectivity index (χ3v) is 1.57. The number of rotatable bonds is 2. The SMILES string of the molecule is CCOc1ccc(F)c(C#N)c1N. The normalized spacial score (nSPS) is 9.31. The second-order valence-corrected chi connectivity index (χ2v) is 2.38. The van der Waals surface area contributed by atoms with Gasteiger partial charge in [0.2, 0.25) is 0 Å². The highest BCUT2D eigenvalue weighted by Crippen LogP contribution is 2.26. The van der Waals surface area contributed by atoms with Crippen LogP contribution in [-0.4, -0.2) is 6.61 Å². The van der Waals surface area contributed by atoms with E-state index in [-0.39, 0.29) is 11.3 Å². The van der Waals surface area contributed by atoms with Gasteiger partial charge in [0.05, 0.1) is 12.3 Å². The molecule has 0 bridgehead atoms. The molecule has 0 radical (unpaired) electrons. The molecule has 0 fully saturated rings. The van der Waals surface area contributed by atoms with Gasteiger partial charge in [0.15, 0.2) is 0 Å². The quantitative estimate of drug-likeness (QED) is 0.704. The summed E-state index contributed by atoms with van der Waals surface area (Å²) in [5.41, 5.74) is 5.39. The van der Waals surface area contributed by atoms with Crippen LogP contribution in [0.15, 0.2) is 12.1 Å². The molecule has 68 valence electrons. The number of nitrogens with two attached hydrogens (primary N) is 1. The molecule has 0 aliphatic carbocycles. The summed E-state index contributed by atoms with van der Waals surface area (Å²) in [6.45, 7) is 2.22. The molecule has 1 rings (SSSR count). The lowest BCUT2D eigenvalue weighted by atomic mass is 10.2. The minimum Gasteiger partial charge on any atom is -0.492 e. The van der Waals surface area contributed by atoms with Crippen LogP contribution in [0.5, 0.6) is 5.75 Å². The molecule has 0 heterocycles. The molecule has 0 atom stereocenters. The number of benzene rings is 1. The van der Waals surface area contributed by atoms with Gasteiger partial charge in [-0.1, -0.05) is 0 Å². The van der Waals surface area contributed by atoms with E-state index >= 15 is 0 Å².